The minimum Gasteiger partial charge on any atom is -0.477 e. The van der Waals surface area contributed by atoms with Gasteiger partial charge in [-0.1, -0.05) is 11.6 Å². The number of anilines is 1. The second kappa shape index (κ2) is 8.24. The van der Waals surface area contributed by atoms with Crippen molar-refractivity contribution in [3.63, 3.8) is 0 Å². The highest BCUT2D eigenvalue weighted by Gasteiger charge is 2.13. The van der Waals surface area contributed by atoms with Crippen LogP contribution in [0.1, 0.15) is 32.0 Å². The van der Waals surface area contributed by atoms with Gasteiger partial charge in [-0.3, -0.25) is 0 Å². The number of allylic oxidation sites excluding steroid dienone is 1. The summed E-state index contributed by atoms with van der Waals surface area (Å²) in [4.78, 5) is 8.89. The van der Waals surface area contributed by atoms with Gasteiger partial charge >= 0.3 is 0 Å². The Hall–Kier alpha value is -2.69. The Morgan fingerprint density at radius 2 is 2.21 bits per heavy atom. The lowest BCUT2D eigenvalue weighted by Crippen LogP contribution is -2.07. The second-order valence-corrected chi connectivity index (χ2v) is 5.49. The zero-order chi connectivity index (χ0) is 17.5. The molecule has 126 valence electrons. The predicted octanol–water partition coefficient (Wildman–Crippen LogP) is 4.23. The normalized spacial score (nSPS) is 11.2. The van der Waals surface area contributed by atoms with Crippen LogP contribution < -0.4 is 10.1 Å². The summed E-state index contributed by atoms with van der Waals surface area (Å²) in [5.41, 5.74) is 5.38. The molecule has 0 fully saturated rings. The molecule has 0 atom stereocenters. The first kappa shape index (κ1) is 17.7. The zero-order valence-corrected chi connectivity index (χ0v) is 14.7. The predicted molar refractivity (Wildman–Crippen MR) is 99.2 cm³/mol. The molecule has 0 unspecified atom stereocenters. The van der Waals surface area contributed by atoms with Crippen LogP contribution in [0.25, 0.3) is 11.3 Å². The van der Waals surface area contributed by atoms with Crippen LogP contribution in [0.3, 0.4) is 0 Å². The molecule has 0 saturated heterocycles. The summed E-state index contributed by atoms with van der Waals surface area (Å²) in [5, 5.41) is 11.1. The van der Waals surface area contributed by atoms with Gasteiger partial charge in [0.15, 0.2) is 0 Å². The number of pyridine rings is 2. The molecule has 5 heteroatoms. The first-order valence-corrected chi connectivity index (χ1v) is 8.06. The summed E-state index contributed by atoms with van der Waals surface area (Å²) >= 11 is 0. The van der Waals surface area contributed by atoms with Crippen LogP contribution in [0.15, 0.2) is 36.0 Å². The average molecular weight is 324 g/mol. The van der Waals surface area contributed by atoms with Crippen LogP contribution in [-0.2, 0) is 0 Å². The average Bonchev–Trinajstić information content (AvgIpc) is 2.61. The Balaban J connectivity index is 2.49. The molecule has 0 aliphatic rings. The highest BCUT2D eigenvalue weighted by atomic mass is 16.5. The van der Waals surface area contributed by atoms with Gasteiger partial charge in [-0.15, -0.1) is 0 Å². The van der Waals surface area contributed by atoms with Crippen LogP contribution in [-0.4, -0.2) is 29.3 Å². The SMILES string of the molecule is C/C=C(\C)CNc1cc(-c2cccnc2OCC)nc(C=N)c1C. The van der Waals surface area contributed by atoms with Crippen molar-refractivity contribution in [2.24, 2.45) is 0 Å². The molecule has 5 nitrogen and oxygen atoms in total. The van der Waals surface area contributed by atoms with Crippen molar-refractivity contribution >= 4 is 11.9 Å². The molecule has 0 aliphatic carbocycles. The Bertz CT molecular complexity index is 753. The first-order valence-electron chi connectivity index (χ1n) is 8.06. The quantitative estimate of drug-likeness (QED) is 0.591. The first-order chi connectivity index (χ1) is 11.6. The monoisotopic (exact) mass is 324 g/mol. The molecule has 0 spiro atoms. The molecule has 0 aliphatic heterocycles. The van der Waals surface area contributed by atoms with Crippen molar-refractivity contribution in [2.45, 2.75) is 27.7 Å². The summed E-state index contributed by atoms with van der Waals surface area (Å²) in [6, 6.07) is 5.79. The van der Waals surface area contributed by atoms with E-state index in [4.69, 9.17) is 10.1 Å². The molecule has 2 heterocycles. The van der Waals surface area contributed by atoms with Gasteiger partial charge in [-0.25, -0.2) is 9.97 Å². The van der Waals surface area contributed by atoms with Crippen LogP contribution in [0.2, 0.25) is 0 Å². The maximum absolute atomic E-state index is 7.65. The maximum Gasteiger partial charge on any atom is 0.222 e. The molecule has 0 amide bonds. The van der Waals surface area contributed by atoms with Crippen molar-refractivity contribution in [1.82, 2.24) is 9.97 Å². The lowest BCUT2D eigenvalue weighted by molar-refractivity contribution is 0.328. The van der Waals surface area contributed by atoms with E-state index in [1.165, 1.54) is 11.8 Å². The van der Waals surface area contributed by atoms with Crippen LogP contribution in [0.4, 0.5) is 5.69 Å². The van der Waals surface area contributed by atoms with Crippen molar-refractivity contribution in [2.75, 3.05) is 18.5 Å². The van der Waals surface area contributed by atoms with Gasteiger partial charge in [-0.2, -0.15) is 0 Å². The van der Waals surface area contributed by atoms with Crippen LogP contribution >= 0.6 is 0 Å². The number of hydrogen-bond donors (Lipinski definition) is 2. The minimum atomic E-state index is 0.541. The highest BCUT2D eigenvalue weighted by Crippen LogP contribution is 2.30. The van der Waals surface area contributed by atoms with E-state index in [-0.39, 0.29) is 0 Å². The summed E-state index contributed by atoms with van der Waals surface area (Å²) in [6.07, 6.45) is 5.06. The van der Waals surface area contributed by atoms with E-state index in [9.17, 15) is 0 Å². The van der Waals surface area contributed by atoms with Gasteiger partial charge in [0.25, 0.3) is 0 Å². The fraction of sp³-hybridized carbons (Fsp3) is 0.316. The lowest BCUT2D eigenvalue weighted by atomic mass is 10.1. The molecule has 0 saturated carbocycles. The third-order valence-corrected chi connectivity index (χ3v) is 3.83. The molecular formula is C19H24N4O. The van der Waals surface area contributed by atoms with Crippen LogP contribution in [0.5, 0.6) is 5.88 Å². The Morgan fingerprint density at radius 1 is 1.42 bits per heavy atom. The maximum atomic E-state index is 7.65. The molecule has 2 aromatic rings. The highest BCUT2D eigenvalue weighted by molar-refractivity contribution is 5.83. The fourth-order valence-electron chi connectivity index (χ4n) is 2.27. The fourth-order valence-corrected chi connectivity index (χ4v) is 2.27. The standard InChI is InChI=1S/C19H24N4O/c1-5-13(3)12-22-16-10-17(23-18(11-20)14(16)4)15-8-7-9-21-19(15)24-6-2/h5,7-11,20H,6,12H2,1-4H3,(H,22,23)/b13-5+,20-11?. The number of hydrogen-bond acceptors (Lipinski definition) is 5. The molecule has 2 aromatic heterocycles. The summed E-state index contributed by atoms with van der Waals surface area (Å²) in [7, 11) is 0. The van der Waals surface area contributed by atoms with Crippen molar-refractivity contribution in [1.29, 1.82) is 5.41 Å². The molecule has 24 heavy (non-hydrogen) atoms. The number of nitrogens with zero attached hydrogens (tertiary/aromatic N) is 2. The lowest BCUT2D eigenvalue weighted by Gasteiger charge is -2.15. The molecule has 0 aromatic carbocycles. The van der Waals surface area contributed by atoms with E-state index in [1.807, 2.05) is 39.0 Å². The van der Waals surface area contributed by atoms with Gasteiger partial charge in [0.2, 0.25) is 5.88 Å². The largest absolute Gasteiger partial charge is 0.477 e. The number of rotatable bonds is 7. The zero-order valence-electron chi connectivity index (χ0n) is 14.7. The van der Waals surface area contributed by atoms with Crippen molar-refractivity contribution in [3.05, 3.63) is 47.3 Å². The number of ether oxygens (including phenoxy) is 1. The van der Waals surface area contributed by atoms with Gasteiger partial charge in [0, 0.05) is 24.6 Å². The van der Waals surface area contributed by atoms with E-state index >= 15 is 0 Å². The van der Waals surface area contributed by atoms with E-state index in [1.54, 1.807) is 6.20 Å². The number of nitrogens with one attached hydrogen (secondary N) is 2. The molecule has 2 rings (SSSR count). The van der Waals surface area contributed by atoms with E-state index in [0.717, 1.165) is 29.1 Å². The second-order valence-electron chi connectivity index (χ2n) is 5.49. The smallest absolute Gasteiger partial charge is 0.222 e. The number of aromatic nitrogens is 2. The Kier molecular flexibility index (Phi) is 6.07. The van der Waals surface area contributed by atoms with Crippen molar-refractivity contribution in [3.8, 4) is 17.1 Å². The third-order valence-electron chi connectivity index (χ3n) is 3.83. The minimum absolute atomic E-state index is 0.541. The molecule has 0 bridgehead atoms. The summed E-state index contributed by atoms with van der Waals surface area (Å²) in [5.74, 6) is 0.558. The van der Waals surface area contributed by atoms with E-state index < -0.39 is 0 Å². The van der Waals surface area contributed by atoms with Crippen molar-refractivity contribution < 1.29 is 4.74 Å². The van der Waals surface area contributed by atoms with E-state index in [2.05, 4.69) is 28.3 Å². The van der Waals surface area contributed by atoms with E-state index in [0.29, 0.717) is 18.2 Å². The summed E-state index contributed by atoms with van der Waals surface area (Å²) < 4.78 is 5.61. The Labute approximate surface area is 143 Å². The topological polar surface area (TPSA) is 70.9 Å². The van der Waals surface area contributed by atoms with Gasteiger partial charge in [0.1, 0.15) is 0 Å². The van der Waals surface area contributed by atoms with Gasteiger partial charge < -0.3 is 15.5 Å². The van der Waals surface area contributed by atoms with Gasteiger partial charge in [-0.05, 0) is 51.5 Å². The summed E-state index contributed by atoms with van der Waals surface area (Å²) in [6.45, 7) is 9.29. The molecule has 0 radical (unpaired) electrons. The van der Waals surface area contributed by atoms with Crippen LogP contribution in [0, 0.1) is 12.3 Å². The third kappa shape index (κ3) is 3.98. The Morgan fingerprint density at radius 3 is 2.88 bits per heavy atom. The molecular weight excluding hydrogens is 300 g/mol. The van der Waals surface area contributed by atoms with Gasteiger partial charge in [0.05, 0.1) is 23.6 Å². The molecule has 2 N–H and O–H groups in total.